The highest BCUT2D eigenvalue weighted by molar-refractivity contribution is 6.34. The summed E-state index contributed by atoms with van der Waals surface area (Å²) in [4.78, 5) is 12.8. The van der Waals surface area contributed by atoms with Gasteiger partial charge >= 0.3 is 0 Å². The molecular formula is C18H23ClN2O. The Morgan fingerprint density at radius 3 is 2.64 bits per heavy atom. The van der Waals surface area contributed by atoms with Crippen molar-refractivity contribution in [3.05, 3.63) is 28.8 Å². The zero-order valence-corrected chi connectivity index (χ0v) is 13.7. The normalized spacial score (nSPS) is 39.0. The van der Waals surface area contributed by atoms with Gasteiger partial charge in [0.05, 0.1) is 10.6 Å². The molecular weight excluding hydrogens is 296 g/mol. The van der Waals surface area contributed by atoms with Crippen LogP contribution in [0, 0.1) is 23.7 Å². The molecule has 0 saturated heterocycles. The van der Waals surface area contributed by atoms with Crippen molar-refractivity contribution in [2.24, 2.45) is 23.7 Å². The van der Waals surface area contributed by atoms with Crippen molar-refractivity contribution in [3.63, 3.8) is 0 Å². The highest BCUT2D eigenvalue weighted by Gasteiger charge is 2.55. The Morgan fingerprint density at radius 1 is 1.27 bits per heavy atom. The summed E-state index contributed by atoms with van der Waals surface area (Å²) in [5.74, 6) is 2.87. The zero-order chi connectivity index (χ0) is 15.5. The van der Waals surface area contributed by atoms with Gasteiger partial charge in [0, 0.05) is 11.2 Å². The first-order chi connectivity index (χ1) is 10.5. The molecule has 1 aromatic carbocycles. The van der Waals surface area contributed by atoms with Crippen LogP contribution in [-0.2, 0) is 0 Å². The summed E-state index contributed by atoms with van der Waals surface area (Å²) in [6.45, 7) is 2.32. The number of nitrogens with two attached hydrogens (primary N) is 1. The second kappa shape index (κ2) is 4.89. The van der Waals surface area contributed by atoms with Crippen molar-refractivity contribution in [3.8, 4) is 0 Å². The molecule has 1 amide bonds. The van der Waals surface area contributed by atoms with E-state index in [1.54, 1.807) is 18.2 Å². The fourth-order valence-corrected chi connectivity index (χ4v) is 5.72. The molecule has 5 rings (SSSR count). The van der Waals surface area contributed by atoms with Crippen LogP contribution in [0.4, 0.5) is 5.69 Å². The number of carbonyl (C=O) groups excluding carboxylic acids is 1. The smallest absolute Gasteiger partial charge is 0.253 e. The molecule has 3 unspecified atom stereocenters. The van der Waals surface area contributed by atoms with E-state index in [0.29, 0.717) is 22.2 Å². The maximum atomic E-state index is 12.8. The summed E-state index contributed by atoms with van der Waals surface area (Å²) in [5.41, 5.74) is 6.87. The number of benzene rings is 1. The maximum absolute atomic E-state index is 12.8. The molecule has 4 aliphatic carbocycles. The van der Waals surface area contributed by atoms with Gasteiger partial charge in [0.15, 0.2) is 0 Å². The number of rotatable bonds is 2. The summed E-state index contributed by atoms with van der Waals surface area (Å²) in [6.07, 6.45) is 6.34. The average molecular weight is 319 g/mol. The predicted octanol–water partition coefficient (Wildman–Crippen LogP) is 3.87. The zero-order valence-electron chi connectivity index (χ0n) is 12.9. The third kappa shape index (κ3) is 2.13. The van der Waals surface area contributed by atoms with Crippen molar-refractivity contribution in [1.82, 2.24) is 5.32 Å². The number of nitrogens with one attached hydrogen (secondary N) is 1. The fraction of sp³-hybridized carbons (Fsp3) is 0.611. The van der Waals surface area contributed by atoms with Crippen LogP contribution in [0.2, 0.25) is 5.02 Å². The first-order valence-electron chi connectivity index (χ1n) is 8.34. The Hall–Kier alpha value is -1.22. The van der Waals surface area contributed by atoms with Crippen LogP contribution in [-0.4, -0.2) is 11.4 Å². The minimum absolute atomic E-state index is 0.0280. The number of carbonyl (C=O) groups is 1. The highest BCUT2D eigenvalue weighted by atomic mass is 35.5. The summed E-state index contributed by atoms with van der Waals surface area (Å²) in [5, 5.41) is 3.86. The highest BCUT2D eigenvalue weighted by Crippen LogP contribution is 2.58. The van der Waals surface area contributed by atoms with Gasteiger partial charge in [-0.15, -0.1) is 0 Å². The molecule has 4 bridgehead atoms. The largest absolute Gasteiger partial charge is 0.399 e. The number of anilines is 1. The van der Waals surface area contributed by atoms with E-state index in [1.807, 2.05) is 0 Å². The van der Waals surface area contributed by atoms with E-state index in [-0.39, 0.29) is 11.4 Å². The molecule has 0 heterocycles. The van der Waals surface area contributed by atoms with Gasteiger partial charge in [-0.05, 0) is 74.0 Å². The van der Waals surface area contributed by atoms with E-state index in [0.717, 1.165) is 30.6 Å². The molecule has 0 aromatic heterocycles. The van der Waals surface area contributed by atoms with E-state index in [4.69, 9.17) is 17.3 Å². The minimum Gasteiger partial charge on any atom is -0.399 e. The second-order valence-electron chi connectivity index (χ2n) is 7.75. The Balaban J connectivity index is 1.62. The summed E-state index contributed by atoms with van der Waals surface area (Å²) in [7, 11) is 0. The SMILES string of the molecule is CC1C2CC3CC(C2)CC1(NC(=O)c1cc(N)ccc1Cl)C3. The van der Waals surface area contributed by atoms with Crippen molar-refractivity contribution < 1.29 is 4.79 Å². The first kappa shape index (κ1) is 14.4. The van der Waals surface area contributed by atoms with Crippen molar-refractivity contribution >= 4 is 23.2 Å². The molecule has 0 spiro atoms. The topological polar surface area (TPSA) is 55.1 Å². The van der Waals surface area contributed by atoms with Gasteiger partial charge in [-0.1, -0.05) is 18.5 Å². The summed E-state index contributed by atoms with van der Waals surface area (Å²) in [6, 6.07) is 5.12. The Morgan fingerprint density at radius 2 is 1.95 bits per heavy atom. The van der Waals surface area contributed by atoms with E-state index < -0.39 is 0 Å². The Bertz CT molecular complexity index is 616. The van der Waals surface area contributed by atoms with Gasteiger partial charge in [0.1, 0.15) is 0 Å². The van der Waals surface area contributed by atoms with Gasteiger partial charge in [-0.3, -0.25) is 4.79 Å². The molecule has 118 valence electrons. The van der Waals surface area contributed by atoms with E-state index in [1.165, 1.54) is 19.3 Å². The fourth-order valence-electron chi connectivity index (χ4n) is 5.52. The first-order valence-corrected chi connectivity index (χ1v) is 8.72. The number of amides is 1. The molecule has 1 aromatic rings. The van der Waals surface area contributed by atoms with Gasteiger partial charge < -0.3 is 11.1 Å². The van der Waals surface area contributed by atoms with Gasteiger partial charge in [0.2, 0.25) is 0 Å². The quantitative estimate of drug-likeness (QED) is 0.813. The lowest BCUT2D eigenvalue weighted by molar-refractivity contribution is -0.0621. The van der Waals surface area contributed by atoms with Crippen LogP contribution in [0.15, 0.2) is 18.2 Å². The molecule has 4 aliphatic rings. The van der Waals surface area contributed by atoms with Gasteiger partial charge in [-0.2, -0.15) is 0 Å². The second-order valence-corrected chi connectivity index (χ2v) is 8.15. The number of halogens is 1. The van der Waals surface area contributed by atoms with Crippen LogP contribution in [0.1, 0.15) is 49.4 Å². The molecule has 4 saturated carbocycles. The minimum atomic E-state index is -0.0638. The van der Waals surface area contributed by atoms with Crippen molar-refractivity contribution in [2.75, 3.05) is 5.73 Å². The predicted molar refractivity (Wildman–Crippen MR) is 88.8 cm³/mol. The van der Waals surface area contributed by atoms with Gasteiger partial charge in [0.25, 0.3) is 5.91 Å². The molecule has 3 N–H and O–H groups in total. The molecule has 4 fully saturated rings. The lowest BCUT2D eigenvalue weighted by Crippen LogP contribution is -2.64. The third-order valence-corrected chi connectivity index (χ3v) is 6.75. The van der Waals surface area contributed by atoms with Crippen molar-refractivity contribution in [1.29, 1.82) is 0 Å². The Labute approximate surface area is 136 Å². The molecule has 3 atom stereocenters. The van der Waals surface area contributed by atoms with Gasteiger partial charge in [-0.25, -0.2) is 0 Å². The maximum Gasteiger partial charge on any atom is 0.253 e. The summed E-state index contributed by atoms with van der Waals surface area (Å²) < 4.78 is 0. The lowest BCUT2D eigenvalue weighted by Gasteiger charge is -2.60. The number of nitrogen functional groups attached to an aromatic ring is 1. The average Bonchev–Trinajstić information content (AvgIpc) is 2.46. The van der Waals surface area contributed by atoms with Crippen LogP contribution < -0.4 is 11.1 Å². The van der Waals surface area contributed by atoms with Crippen LogP contribution in [0.25, 0.3) is 0 Å². The molecule has 3 nitrogen and oxygen atoms in total. The number of hydrogen-bond donors (Lipinski definition) is 2. The standard InChI is InChI=1S/C18H23ClN2O/c1-10-13-5-11-4-12(6-13)9-18(10,8-11)21-17(22)15-7-14(20)2-3-16(15)19/h2-3,7,10-13H,4-6,8-9,20H2,1H3,(H,21,22). The number of hydrogen-bond acceptors (Lipinski definition) is 2. The third-order valence-electron chi connectivity index (χ3n) is 6.42. The van der Waals surface area contributed by atoms with Crippen molar-refractivity contribution in [2.45, 2.75) is 44.6 Å². The molecule has 0 radical (unpaired) electrons. The monoisotopic (exact) mass is 318 g/mol. The van der Waals surface area contributed by atoms with Crippen LogP contribution in [0.5, 0.6) is 0 Å². The molecule has 4 heteroatoms. The molecule has 0 aliphatic heterocycles. The molecule has 22 heavy (non-hydrogen) atoms. The summed E-state index contributed by atoms with van der Waals surface area (Å²) >= 11 is 6.20. The lowest BCUT2D eigenvalue weighted by atomic mass is 9.49. The van der Waals surface area contributed by atoms with E-state index in [9.17, 15) is 4.79 Å². The van der Waals surface area contributed by atoms with E-state index >= 15 is 0 Å². The van der Waals surface area contributed by atoms with Crippen LogP contribution >= 0.6 is 11.6 Å². The Kier molecular flexibility index (Phi) is 3.19. The van der Waals surface area contributed by atoms with E-state index in [2.05, 4.69) is 12.2 Å². The van der Waals surface area contributed by atoms with Crippen LogP contribution in [0.3, 0.4) is 0 Å².